The molecule has 0 amide bonds. The van der Waals surface area contributed by atoms with E-state index in [9.17, 15) is 0 Å². The van der Waals surface area contributed by atoms with Crippen LogP contribution in [0.2, 0.25) is 0 Å². The summed E-state index contributed by atoms with van der Waals surface area (Å²) >= 11 is 0. The third-order valence-electron chi connectivity index (χ3n) is 2.47. The quantitative estimate of drug-likeness (QED) is 0.582. The van der Waals surface area contributed by atoms with Crippen molar-refractivity contribution < 1.29 is 9.47 Å². The van der Waals surface area contributed by atoms with Crippen LogP contribution < -0.4 is 20.5 Å². The Morgan fingerprint density at radius 1 is 1.32 bits per heavy atom. The summed E-state index contributed by atoms with van der Waals surface area (Å²) in [6.45, 7) is 5.40. The number of hydrogen-bond acceptors (Lipinski definition) is 3. The van der Waals surface area contributed by atoms with Gasteiger partial charge < -0.3 is 20.5 Å². The van der Waals surface area contributed by atoms with Crippen LogP contribution in [0, 0.1) is 0 Å². The van der Waals surface area contributed by atoms with Crippen molar-refractivity contribution in [1.29, 1.82) is 0 Å². The van der Waals surface area contributed by atoms with E-state index in [1.165, 1.54) is 0 Å². The average Bonchev–Trinajstić information content (AvgIpc) is 2.43. The van der Waals surface area contributed by atoms with Gasteiger partial charge >= 0.3 is 0 Å². The van der Waals surface area contributed by atoms with E-state index >= 15 is 0 Å². The lowest BCUT2D eigenvalue weighted by Crippen LogP contribution is -2.33. The molecule has 0 saturated heterocycles. The minimum absolute atomic E-state index is 0.0321. The van der Waals surface area contributed by atoms with Gasteiger partial charge in [-0.1, -0.05) is 6.92 Å². The molecule has 0 heterocycles. The first-order valence-electron chi connectivity index (χ1n) is 6.50. The molecule has 5 nitrogen and oxygen atoms in total. The number of benzene rings is 1. The van der Waals surface area contributed by atoms with Gasteiger partial charge in [-0.15, -0.1) is 0 Å². The van der Waals surface area contributed by atoms with Crippen molar-refractivity contribution in [3.05, 3.63) is 24.3 Å². The second kappa shape index (κ2) is 8.24. The number of rotatable bonds is 7. The molecule has 1 aromatic rings. The first-order valence-corrected chi connectivity index (χ1v) is 6.50. The second-order valence-corrected chi connectivity index (χ2v) is 4.26. The van der Waals surface area contributed by atoms with Crippen molar-refractivity contribution in [2.24, 2.45) is 10.7 Å². The minimum atomic E-state index is -0.0321. The molecular formula is C14H23N3O2. The van der Waals surface area contributed by atoms with Crippen molar-refractivity contribution in [2.75, 3.05) is 20.2 Å². The number of nitrogens with two attached hydrogens (primary N) is 1. The number of nitrogens with zero attached hydrogens (tertiary/aromatic N) is 1. The number of methoxy groups -OCH3 is 1. The van der Waals surface area contributed by atoms with E-state index in [0.29, 0.717) is 12.5 Å². The smallest absolute Gasteiger partial charge is 0.188 e. The van der Waals surface area contributed by atoms with E-state index in [1.807, 2.05) is 31.2 Å². The zero-order chi connectivity index (χ0) is 14.1. The van der Waals surface area contributed by atoms with E-state index in [4.69, 9.17) is 15.2 Å². The Hall–Kier alpha value is -1.91. The second-order valence-electron chi connectivity index (χ2n) is 4.26. The molecule has 0 spiro atoms. The minimum Gasteiger partial charge on any atom is -0.497 e. The standard InChI is InChI=1S/C14H23N3O2/c1-4-9-16-14(15)17-10-11(2)19-13-7-5-12(18-3)6-8-13/h5-8,11H,4,9-10H2,1-3H3,(H3,15,16,17). The lowest BCUT2D eigenvalue weighted by atomic mass is 10.3. The molecule has 0 fully saturated rings. The fourth-order valence-electron chi connectivity index (χ4n) is 1.46. The molecule has 0 aromatic heterocycles. The first-order chi connectivity index (χ1) is 9.15. The Morgan fingerprint density at radius 3 is 2.53 bits per heavy atom. The molecule has 0 bridgehead atoms. The predicted octanol–water partition coefficient (Wildman–Crippen LogP) is 1.78. The molecule has 0 aliphatic carbocycles. The molecule has 19 heavy (non-hydrogen) atoms. The molecule has 1 unspecified atom stereocenters. The summed E-state index contributed by atoms with van der Waals surface area (Å²) in [7, 11) is 1.64. The third-order valence-corrected chi connectivity index (χ3v) is 2.47. The van der Waals surface area contributed by atoms with E-state index in [0.717, 1.165) is 24.5 Å². The average molecular weight is 265 g/mol. The van der Waals surface area contributed by atoms with Crippen LogP contribution in [0.1, 0.15) is 20.3 Å². The summed E-state index contributed by atoms with van der Waals surface area (Å²) in [4.78, 5) is 4.23. The van der Waals surface area contributed by atoms with E-state index in [-0.39, 0.29) is 6.10 Å². The first kappa shape index (κ1) is 15.1. The molecule has 0 aliphatic heterocycles. The molecule has 1 atom stereocenters. The van der Waals surface area contributed by atoms with Crippen molar-refractivity contribution in [2.45, 2.75) is 26.4 Å². The molecule has 0 aliphatic rings. The predicted molar refractivity (Wildman–Crippen MR) is 77.9 cm³/mol. The van der Waals surface area contributed by atoms with E-state index < -0.39 is 0 Å². The molecule has 3 N–H and O–H groups in total. The van der Waals surface area contributed by atoms with Crippen LogP contribution in [0.5, 0.6) is 11.5 Å². The van der Waals surface area contributed by atoms with Gasteiger partial charge in [0.05, 0.1) is 13.7 Å². The maximum atomic E-state index is 5.72. The summed E-state index contributed by atoms with van der Waals surface area (Å²) in [5, 5.41) is 3.02. The highest BCUT2D eigenvalue weighted by molar-refractivity contribution is 5.77. The van der Waals surface area contributed by atoms with Crippen LogP contribution >= 0.6 is 0 Å². The monoisotopic (exact) mass is 265 g/mol. The SMILES string of the molecule is CCCNC(N)=NCC(C)Oc1ccc(OC)cc1. The number of hydrogen-bond donors (Lipinski definition) is 2. The number of nitrogens with one attached hydrogen (secondary N) is 1. The fraction of sp³-hybridized carbons (Fsp3) is 0.500. The topological polar surface area (TPSA) is 68.9 Å². The fourth-order valence-corrected chi connectivity index (χ4v) is 1.46. The maximum Gasteiger partial charge on any atom is 0.188 e. The highest BCUT2D eigenvalue weighted by Gasteiger charge is 2.03. The van der Waals surface area contributed by atoms with Crippen molar-refractivity contribution in [3.8, 4) is 11.5 Å². The Kier molecular flexibility index (Phi) is 6.57. The van der Waals surface area contributed by atoms with Crippen molar-refractivity contribution >= 4 is 5.96 Å². The summed E-state index contributed by atoms with van der Waals surface area (Å²) in [6.07, 6.45) is 0.990. The highest BCUT2D eigenvalue weighted by atomic mass is 16.5. The largest absolute Gasteiger partial charge is 0.497 e. The van der Waals surface area contributed by atoms with Crippen LogP contribution in [0.15, 0.2) is 29.3 Å². The van der Waals surface area contributed by atoms with Crippen molar-refractivity contribution in [1.82, 2.24) is 5.32 Å². The van der Waals surface area contributed by atoms with Gasteiger partial charge in [-0.3, -0.25) is 0 Å². The Morgan fingerprint density at radius 2 is 1.95 bits per heavy atom. The Bertz CT molecular complexity index is 390. The van der Waals surface area contributed by atoms with Gasteiger partial charge in [-0.25, -0.2) is 4.99 Å². The summed E-state index contributed by atoms with van der Waals surface area (Å²) in [6, 6.07) is 7.47. The van der Waals surface area contributed by atoms with Gasteiger partial charge in [0.25, 0.3) is 0 Å². The summed E-state index contributed by atoms with van der Waals surface area (Å²) < 4.78 is 10.8. The molecule has 1 rings (SSSR count). The summed E-state index contributed by atoms with van der Waals surface area (Å²) in [5.41, 5.74) is 5.71. The summed E-state index contributed by atoms with van der Waals surface area (Å²) in [5.74, 6) is 2.07. The van der Waals surface area contributed by atoms with Gasteiger partial charge in [-0.05, 0) is 37.6 Å². The molecule has 1 aromatic carbocycles. The van der Waals surface area contributed by atoms with Crippen LogP contribution in [0.3, 0.4) is 0 Å². The van der Waals surface area contributed by atoms with Gasteiger partial charge in [0, 0.05) is 6.54 Å². The highest BCUT2D eigenvalue weighted by Crippen LogP contribution is 2.18. The zero-order valence-corrected chi connectivity index (χ0v) is 11.8. The molecule has 106 valence electrons. The van der Waals surface area contributed by atoms with E-state index in [2.05, 4.69) is 17.2 Å². The number of ether oxygens (including phenoxy) is 2. The number of guanidine groups is 1. The molecule has 0 saturated carbocycles. The zero-order valence-electron chi connectivity index (χ0n) is 11.8. The van der Waals surface area contributed by atoms with Gasteiger partial charge in [0.15, 0.2) is 5.96 Å². The van der Waals surface area contributed by atoms with Crippen LogP contribution in [-0.2, 0) is 0 Å². The van der Waals surface area contributed by atoms with Crippen LogP contribution in [0.4, 0.5) is 0 Å². The Labute approximate surface area is 114 Å². The van der Waals surface area contributed by atoms with Crippen LogP contribution in [0.25, 0.3) is 0 Å². The number of aliphatic imine (C=N–C) groups is 1. The third kappa shape index (κ3) is 5.99. The van der Waals surface area contributed by atoms with Gasteiger partial charge in [0.2, 0.25) is 0 Å². The lowest BCUT2D eigenvalue weighted by molar-refractivity contribution is 0.230. The van der Waals surface area contributed by atoms with Gasteiger partial charge in [-0.2, -0.15) is 0 Å². The Balaban J connectivity index is 2.39. The maximum absolute atomic E-state index is 5.72. The van der Waals surface area contributed by atoms with Crippen LogP contribution in [-0.4, -0.2) is 32.3 Å². The normalized spacial score (nSPS) is 12.9. The molecule has 5 heteroatoms. The van der Waals surface area contributed by atoms with Crippen molar-refractivity contribution in [3.63, 3.8) is 0 Å². The molecule has 0 radical (unpaired) electrons. The lowest BCUT2D eigenvalue weighted by Gasteiger charge is -2.13. The molecular weight excluding hydrogens is 242 g/mol. The van der Waals surface area contributed by atoms with Gasteiger partial charge in [0.1, 0.15) is 17.6 Å². The van der Waals surface area contributed by atoms with E-state index in [1.54, 1.807) is 7.11 Å².